The van der Waals surface area contributed by atoms with Crippen molar-refractivity contribution in [2.75, 3.05) is 13.7 Å². The minimum atomic E-state index is -1.86. The lowest BCUT2D eigenvalue weighted by Gasteiger charge is -2.36. The summed E-state index contributed by atoms with van der Waals surface area (Å²) in [5, 5.41) is 10.7. The molecule has 1 aliphatic carbocycles. The minimum Gasteiger partial charge on any atom is -0.413 e. The molecule has 1 aromatic rings. The number of rotatable bonds is 7. The van der Waals surface area contributed by atoms with Gasteiger partial charge in [0, 0.05) is 11.6 Å². The molecule has 0 aliphatic heterocycles. The Morgan fingerprint density at radius 3 is 2.27 bits per heavy atom. The summed E-state index contributed by atoms with van der Waals surface area (Å²) in [7, 11) is -0.242. The van der Waals surface area contributed by atoms with Crippen molar-refractivity contribution in [1.29, 1.82) is 0 Å². The number of aliphatic hydroxyl groups is 1. The Bertz CT molecular complexity index is 622. The molecule has 1 N–H and O–H groups in total. The molecule has 0 radical (unpaired) electrons. The number of methoxy groups -OCH3 is 1. The van der Waals surface area contributed by atoms with E-state index >= 15 is 0 Å². The molecular weight excluding hydrogens is 412 g/mol. The largest absolute Gasteiger partial charge is 0.413 e. The second-order valence-electron chi connectivity index (χ2n) is 8.34. The fourth-order valence-corrected chi connectivity index (χ4v) is 3.84. The summed E-state index contributed by atoms with van der Waals surface area (Å²) in [6.45, 7) is 12.0. The van der Waals surface area contributed by atoms with Gasteiger partial charge < -0.3 is 19.0 Å². The lowest BCUT2D eigenvalue weighted by atomic mass is 10.1. The highest BCUT2D eigenvalue weighted by Crippen LogP contribution is 2.37. The number of hydrogen-bond acceptors (Lipinski definition) is 4. The number of halogens is 1. The Morgan fingerprint density at radius 1 is 1.12 bits per heavy atom. The zero-order valence-electron chi connectivity index (χ0n) is 16.6. The first-order chi connectivity index (χ1) is 12.0. The molecule has 0 bridgehead atoms. The van der Waals surface area contributed by atoms with Crippen LogP contribution in [0.5, 0.6) is 0 Å². The number of benzene rings is 1. The predicted octanol–water partition coefficient (Wildman–Crippen LogP) is 4.67. The van der Waals surface area contributed by atoms with Crippen LogP contribution in [-0.2, 0) is 20.5 Å². The van der Waals surface area contributed by atoms with E-state index in [0.29, 0.717) is 13.2 Å². The molecule has 0 fully saturated rings. The van der Waals surface area contributed by atoms with Crippen LogP contribution >= 0.6 is 15.9 Å². The maximum absolute atomic E-state index is 10.6. The van der Waals surface area contributed by atoms with Crippen LogP contribution in [0.15, 0.2) is 40.4 Å². The third-order valence-electron chi connectivity index (χ3n) is 5.41. The van der Waals surface area contributed by atoms with Crippen molar-refractivity contribution in [3.63, 3.8) is 0 Å². The van der Waals surface area contributed by atoms with Crippen LogP contribution < -0.4 is 0 Å². The molecule has 0 spiro atoms. The van der Waals surface area contributed by atoms with Gasteiger partial charge in [-0.1, -0.05) is 48.8 Å². The molecule has 4 nitrogen and oxygen atoms in total. The van der Waals surface area contributed by atoms with E-state index in [2.05, 4.69) is 49.8 Å². The van der Waals surface area contributed by atoms with Crippen molar-refractivity contribution in [3.05, 3.63) is 46.0 Å². The average molecular weight is 443 g/mol. The normalized spacial score (nSPS) is 24.0. The van der Waals surface area contributed by atoms with Gasteiger partial charge in [-0.2, -0.15) is 0 Å². The van der Waals surface area contributed by atoms with E-state index in [0.717, 1.165) is 15.6 Å². The summed E-state index contributed by atoms with van der Waals surface area (Å²) in [5.74, 6) is 0. The highest BCUT2D eigenvalue weighted by Gasteiger charge is 2.40. The summed E-state index contributed by atoms with van der Waals surface area (Å²) in [6, 6.07) is 7.97. The van der Waals surface area contributed by atoms with Crippen LogP contribution in [0.1, 0.15) is 26.3 Å². The summed E-state index contributed by atoms with van der Waals surface area (Å²) >= 11 is 3.43. The molecule has 0 unspecified atom stereocenters. The summed E-state index contributed by atoms with van der Waals surface area (Å²) in [4.78, 5) is 0. The Labute approximate surface area is 166 Å². The van der Waals surface area contributed by atoms with Crippen LogP contribution in [0, 0.1) is 0 Å². The fraction of sp³-hybridized carbons (Fsp3) is 0.600. The number of aliphatic hydroxyl groups excluding tert-OH is 1. The van der Waals surface area contributed by atoms with Crippen LogP contribution in [-0.4, -0.2) is 45.5 Å². The number of ether oxygens (including phenoxy) is 2. The maximum atomic E-state index is 10.6. The summed E-state index contributed by atoms with van der Waals surface area (Å²) < 4.78 is 18.8. The van der Waals surface area contributed by atoms with E-state index in [-0.39, 0.29) is 17.2 Å². The molecule has 0 saturated carbocycles. The van der Waals surface area contributed by atoms with Crippen molar-refractivity contribution in [2.24, 2.45) is 0 Å². The first kappa shape index (κ1) is 21.8. The van der Waals surface area contributed by atoms with Crippen LogP contribution in [0.3, 0.4) is 0 Å². The van der Waals surface area contributed by atoms with Gasteiger partial charge in [0.15, 0.2) is 8.32 Å². The second-order valence-corrected chi connectivity index (χ2v) is 14.1. The third kappa shape index (κ3) is 5.27. The molecule has 146 valence electrons. The summed E-state index contributed by atoms with van der Waals surface area (Å²) in [5.41, 5.74) is 2.03. The Hall–Kier alpha value is -0.503. The molecule has 0 heterocycles. The zero-order chi connectivity index (χ0) is 19.5. The van der Waals surface area contributed by atoms with Crippen LogP contribution in [0.4, 0.5) is 0 Å². The molecule has 3 atom stereocenters. The lowest BCUT2D eigenvalue weighted by molar-refractivity contribution is -0.0634. The monoisotopic (exact) mass is 442 g/mol. The van der Waals surface area contributed by atoms with E-state index < -0.39 is 14.4 Å². The highest BCUT2D eigenvalue weighted by atomic mass is 79.9. The minimum absolute atomic E-state index is 0.144. The van der Waals surface area contributed by atoms with E-state index in [4.69, 9.17) is 13.9 Å². The Balaban J connectivity index is 2.01. The lowest BCUT2D eigenvalue weighted by Crippen LogP contribution is -2.42. The molecule has 0 saturated heterocycles. The van der Waals surface area contributed by atoms with E-state index in [1.54, 1.807) is 7.11 Å². The van der Waals surface area contributed by atoms with E-state index in [1.165, 1.54) is 0 Å². The van der Waals surface area contributed by atoms with Crippen molar-refractivity contribution in [2.45, 2.75) is 63.8 Å². The Kier molecular flexibility index (Phi) is 7.27. The molecule has 1 aromatic carbocycles. The standard InChI is InChI=1S/C20H31BrO4Si/c1-20(2,3)26(5,6)25-13-15-11-17(18(22)19(15)23-4)24-12-14-7-9-16(21)10-8-14/h7-11,17-19,22H,12-13H2,1-6H3/t17-,18+,19+/m0/s1. The van der Waals surface area contributed by atoms with Gasteiger partial charge in [-0.25, -0.2) is 0 Å². The predicted molar refractivity (Wildman–Crippen MR) is 111 cm³/mol. The maximum Gasteiger partial charge on any atom is 0.192 e. The van der Waals surface area contributed by atoms with Gasteiger partial charge >= 0.3 is 0 Å². The molecule has 0 aromatic heterocycles. The van der Waals surface area contributed by atoms with Gasteiger partial charge in [0.2, 0.25) is 0 Å². The molecule has 26 heavy (non-hydrogen) atoms. The Morgan fingerprint density at radius 2 is 1.73 bits per heavy atom. The molecular formula is C20H31BrO4Si. The molecule has 2 rings (SSSR count). The fourth-order valence-electron chi connectivity index (χ4n) is 2.62. The van der Waals surface area contributed by atoms with Gasteiger partial charge in [-0.15, -0.1) is 0 Å². The third-order valence-corrected chi connectivity index (χ3v) is 10.4. The topological polar surface area (TPSA) is 47.9 Å². The number of hydrogen-bond donors (Lipinski definition) is 1. The van der Waals surface area contributed by atoms with Gasteiger partial charge in [0.25, 0.3) is 0 Å². The van der Waals surface area contributed by atoms with Gasteiger partial charge in [-0.3, -0.25) is 0 Å². The van der Waals surface area contributed by atoms with Gasteiger partial charge in [0.1, 0.15) is 18.3 Å². The zero-order valence-corrected chi connectivity index (χ0v) is 19.2. The van der Waals surface area contributed by atoms with Crippen LogP contribution in [0.2, 0.25) is 18.1 Å². The van der Waals surface area contributed by atoms with Crippen molar-refractivity contribution in [1.82, 2.24) is 0 Å². The van der Waals surface area contributed by atoms with Gasteiger partial charge in [-0.05, 0) is 47.5 Å². The van der Waals surface area contributed by atoms with E-state index in [9.17, 15) is 5.11 Å². The molecule has 1 aliphatic rings. The summed E-state index contributed by atoms with van der Waals surface area (Å²) in [6.07, 6.45) is 0.481. The highest BCUT2D eigenvalue weighted by molar-refractivity contribution is 9.10. The SMILES string of the molecule is CO[C@@H]1C(CO[Si](C)(C)C(C)(C)C)=C[C@H](OCc2ccc(Br)cc2)[C@H]1O. The first-order valence-corrected chi connectivity index (χ1v) is 12.7. The van der Waals surface area contributed by atoms with Gasteiger partial charge in [0.05, 0.1) is 13.2 Å². The second kappa shape index (κ2) is 8.67. The smallest absolute Gasteiger partial charge is 0.192 e. The first-order valence-electron chi connectivity index (χ1n) is 8.96. The quantitative estimate of drug-likeness (QED) is 0.492. The van der Waals surface area contributed by atoms with Crippen molar-refractivity contribution >= 4 is 24.2 Å². The van der Waals surface area contributed by atoms with E-state index in [1.807, 2.05) is 30.3 Å². The van der Waals surface area contributed by atoms with Crippen LogP contribution in [0.25, 0.3) is 0 Å². The molecule has 0 amide bonds. The molecule has 6 heteroatoms. The van der Waals surface area contributed by atoms with Crippen molar-refractivity contribution < 1.29 is 19.0 Å². The average Bonchev–Trinajstić information content (AvgIpc) is 2.86. The van der Waals surface area contributed by atoms with Crippen molar-refractivity contribution in [3.8, 4) is 0 Å².